The molecule has 2 aromatic heterocycles. The number of amides is 1. The van der Waals surface area contributed by atoms with Gasteiger partial charge in [0.25, 0.3) is 5.91 Å². The summed E-state index contributed by atoms with van der Waals surface area (Å²) in [6.45, 7) is 3.34. The second-order valence-electron chi connectivity index (χ2n) is 7.58. The molecule has 3 heterocycles. The maximum Gasteiger partial charge on any atom is 0.258 e. The lowest BCUT2D eigenvalue weighted by atomic mass is 10.1. The Morgan fingerprint density at radius 3 is 2.39 bits per heavy atom. The summed E-state index contributed by atoms with van der Waals surface area (Å²) in [6.07, 6.45) is 4.61. The number of nitrogens with one attached hydrogen (secondary N) is 2. The highest BCUT2D eigenvalue weighted by Gasteiger charge is 2.11. The molecule has 2 N–H and O–H groups in total. The second kappa shape index (κ2) is 9.54. The van der Waals surface area contributed by atoms with Gasteiger partial charge in [-0.05, 0) is 48.5 Å². The molecule has 1 aliphatic rings. The first-order valence-electron chi connectivity index (χ1n) is 10.7. The molecule has 4 aromatic rings. The SMILES string of the molecule is O=C(Nc1ccc(-c2ccnc(Nc3ccc(N4CCOCC4)cc3)n2)cc1)c1ccoc1. The molecule has 5 rings (SSSR count). The molecule has 166 valence electrons. The minimum atomic E-state index is -0.218. The third-order valence-electron chi connectivity index (χ3n) is 5.38. The normalized spacial score (nSPS) is 13.5. The maximum atomic E-state index is 12.2. The van der Waals surface area contributed by atoms with Crippen LogP contribution in [0.5, 0.6) is 0 Å². The number of morpholine rings is 1. The van der Waals surface area contributed by atoms with Gasteiger partial charge in [0.15, 0.2) is 0 Å². The first kappa shape index (κ1) is 20.7. The zero-order chi connectivity index (χ0) is 22.5. The molecular formula is C25H23N5O3. The van der Waals surface area contributed by atoms with Crippen LogP contribution in [0.3, 0.4) is 0 Å². The van der Waals surface area contributed by atoms with Crippen molar-refractivity contribution in [3.05, 3.63) is 85.0 Å². The van der Waals surface area contributed by atoms with Crippen LogP contribution >= 0.6 is 0 Å². The van der Waals surface area contributed by atoms with Crippen molar-refractivity contribution in [3.63, 3.8) is 0 Å². The molecule has 0 aliphatic carbocycles. The van der Waals surface area contributed by atoms with E-state index in [1.807, 2.05) is 42.5 Å². The van der Waals surface area contributed by atoms with Gasteiger partial charge >= 0.3 is 0 Å². The molecule has 0 bridgehead atoms. The highest BCUT2D eigenvalue weighted by molar-refractivity contribution is 6.04. The molecule has 1 saturated heterocycles. The molecule has 0 radical (unpaired) electrons. The smallest absolute Gasteiger partial charge is 0.258 e. The van der Waals surface area contributed by atoms with Crippen molar-refractivity contribution >= 4 is 28.9 Å². The number of furan rings is 1. The van der Waals surface area contributed by atoms with E-state index in [9.17, 15) is 4.79 Å². The number of benzene rings is 2. The zero-order valence-corrected chi connectivity index (χ0v) is 17.9. The van der Waals surface area contributed by atoms with Crippen molar-refractivity contribution in [1.29, 1.82) is 0 Å². The number of ether oxygens (including phenoxy) is 1. The van der Waals surface area contributed by atoms with Gasteiger partial charge in [0.1, 0.15) is 6.26 Å². The number of nitrogens with zero attached hydrogens (tertiary/aromatic N) is 3. The Morgan fingerprint density at radius 1 is 0.909 bits per heavy atom. The number of hydrogen-bond donors (Lipinski definition) is 2. The van der Waals surface area contributed by atoms with Gasteiger partial charge in [-0.3, -0.25) is 4.79 Å². The van der Waals surface area contributed by atoms with Crippen molar-refractivity contribution in [1.82, 2.24) is 9.97 Å². The minimum Gasteiger partial charge on any atom is -0.472 e. The lowest BCUT2D eigenvalue weighted by Crippen LogP contribution is -2.36. The Bertz CT molecular complexity index is 1200. The molecule has 2 aromatic carbocycles. The third-order valence-corrected chi connectivity index (χ3v) is 5.38. The van der Waals surface area contributed by atoms with E-state index < -0.39 is 0 Å². The molecule has 0 unspecified atom stereocenters. The lowest BCUT2D eigenvalue weighted by Gasteiger charge is -2.28. The summed E-state index contributed by atoms with van der Waals surface area (Å²) in [5.74, 6) is 0.300. The van der Waals surface area contributed by atoms with E-state index in [0.29, 0.717) is 17.2 Å². The Morgan fingerprint density at radius 2 is 1.67 bits per heavy atom. The van der Waals surface area contributed by atoms with Gasteiger partial charge in [0.2, 0.25) is 5.95 Å². The van der Waals surface area contributed by atoms with E-state index in [2.05, 4.69) is 37.6 Å². The fourth-order valence-corrected chi connectivity index (χ4v) is 3.61. The van der Waals surface area contributed by atoms with Crippen LogP contribution in [0.2, 0.25) is 0 Å². The van der Waals surface area contributed by atoms with E-state index in [-0.39, 0.29) is 5.91 Å². The first-order chi connectivity index (χ1) is 16.2. The molecule has 0 atom stereocenters. The summed E-state index contributed by atoms with van der Waals surface area (Å²) >= 11 is 0. The van der Waals surface area contributed by atoms with Crippen LogP contribution < -0.4 is 15.5 Å². The molecule has 1 fully saturated rings. The summed E-state index contributed by atoms with van der Waals surface area (Å²) in [7, 11) is 0. The van der Waals surface area contributed by atoms with Crippen molar-refractivity contribution < 1.29 is 13.9 Å². The van der Waals surface area contributed by atoms with Crippen LogP contribution in [0.4, 0.5) is 23.0 Å². The summed E-state index contributed by atoms with van der Waals surface area (Å²) in [5.41, 5.74) is 4.97. The molecule has 0 spiro atoms. The number of carbonyl (C=O) groups is 1. The molecule has 33 heavy (non-hydrogen) atoms. The molecule has 8 nitrogen and oxygen atoms in total. The molecular weight excluding hydrogens is 418 g/mol. The van der Waals surface area contributed by atoms with Crippen LogP contribution in [-0.4, -0.2) is 42.2 Å². The van der Waals surface area contributed by atoms with Crippen molar-refractivity contribution in [2.75, 3.05) is 41.8 Å². The van der Waals surface area contributed by atoms with Gasteiger partial charge in [-0.1, -0.05) is 12.1 Å². The maximum absolute atomic E-state index is 12.2. The summed E-state index contributed by atoms with van der Waals surface area (Å²) < 4.78 is 10.4. The Balaban J connectivity index is 1.24. The number of aromatic nitrogens is 2. The van der Waals surface area contributed by atoms with Gasteiger partial charge < -0.3 is 24.7 Å². The predicted octanol–water partition coefficient (Wildman–Crippen LogP) is 4.57. The average molecular weight is 441 g/mol. The van der Waals surface area contributed by atoms with E-state index in [1.165, 1.54) is 18.2 Å². The lowest BCUT2D eigenvalue weighted by molar-refractivity contribution is 0.102. The summed E-state index contributed by atoms with van der Waals surface area (Å²) in [6, 6.07) is 19.2. The number of hydrogen-bond acceptors (Lipinski definition) is 7. The van der Waals surface area contributed by atoms with Crippen molar-refractivity contribution in [2.45, 2.75) is 0 Å². The summed E-state index contributed by atoms with van der Waals surface area (Å²) in [4.78, 5) is 23.4. The number of carbonyl (C=O) groups excluding carboxylic acids is 1. The van der Waals surface area contributed by atoms with E-state index in [0.717, 1.165) is 43.2 Å². The molecule has 0 saturated carbocycles. The highest BCUT2D eigenvalue weighted by atomic mass is 16.5. The predicted molar refractivity (Wildman–Crippen MR) is 127 cm³/mol. The van der Waals surface area contributed by atoms with Crippen LogP contribution in [0.15, 0.2) is 83.8 Å². The van der Waals surface area contributed by atoms with E-state index in [1.54, 1.807) is 12.3 Å². The van der Waals surface area contributed by atoms with Crippen molar-refractivity contribution in [2.24, 2.45) is 0 Å². The monoisotopic (exact) mass is 441 g/mol. The van der Waals surface area contributed by atoms with Crippen LogP contribution in [0, 0.1) is 0 Å². The van der Waals surface area contributed by atoms with Gasteiger partial charge in [-0.15, -0.1) is 0 Å². The fourth-order valence-electron chi connectivity index (χ4n) is 3.61. The van der Waals surface area contributed by atoms with Crippen LogP contribution in [-0.2, 0) is 4.74 Å². The second-order valence-corrected chi connectivity index (χ2v) is 7.58. The van der Waals surface area contributed by atoms with E-state index >= 15 is 0 Å². The topological polar surface area (TPSA) is 92.5 Å². The van der Waals surface area contributed by atoms with Crippen LogP contribution in [0.25, 0.3) is 11.3 Å². The third kappa shape index (κ3) is 5.02. The van der Waals surface area contributed by atoms with Crippen LogP contribution in [0.1, 0.15) is 10.4 Å². The fraction of sp³-hybridized carbons (Fsp3) is 0.160. The van der Waals surface area contributed by atoms with E-state index in [4.69, 9.17) is 9.15 Å². The quantitative estimate of drug-likeness (QED) is 0.453. The molecule has 1 amide bonds. The Kier molecular flexibility index (Phi) is 5.99. The Hall–Kier alpha value is -4.17. The van der Waals surface area contributed by atoms with Gasteiger partial charge in [-0.25, -0.2) is 9.97 Å². The van der Waals surface area contributed by atoms with Gasteiger partial charge in [-0.2, -0.15) is 0 Å². The average Bonchev–Trinajstić information content (AvgIpc) is 3.41. The zero-order valence-electron chi connectivity index (χ0n) is 17.9. The number of anilines is 4. The number of rotatable bonds is 6. The minimum absolute atomic E-state index is 0.218. The highest BCUT2D eigenvalue weighted by Crippen LogP contribution is 2.23. The van der Waals surface area contributed by atoms with Gasteiger partial charge in [0.05, 0.1) is 30.7 Å². The first-order valence-corrected chi connectivity index (χ1v) is 10.7. The van der Waals surface area contributed by atoms with Gasteiger partial charge in [0, 0.05) is 41.9 Å². The molecule has 1 aliphatic heterocycles. The van der Waals surface area contributed by atoms with Crippen molar-refractivity contribution in [3.8, 4) is 11.3 Å². The molecule has 8 heteroatoms. The largest absolute Gasteiger partial charge is 0.472 e. The summed E-state index contributed by atoms with van der Waals surface area (Å²) in [5, 5.41) is 6.11. The Labute approximate surface area is 191 Å². The standard InChI is InChI=1S/C25H23N5O3/c31-24(19-10-14-33-17-19)27-20-3-1-18(2-4-20)23-9-11-26-25(29-23)28-21-5-7-22(8-6-21)30-12-15-32-16-13-30/h1-11,14,17H,12-13,15-16H2,(H,27,31)(H,26,28,29).